The summed E-state index contributed by atoms with van der Waals surface area (Å²) in [7, 11) is 0. The first kappa shape index (κ1) is 16.8. The lowest BCUT2D eigenvalue weighted by Gasteiger charge is -2.25. The van der Waals surface area contributed by atoms with Gasteiger partial charge in [-0.3, -0.25) is 4.79 Å². The fourth-order valence-electron chi connectivity index (χ4n) is 2.54. The molecule has 4 nitrogen and oxygen atoms in total. The van der Waals surface area contributed by atoms with Crippen LogP contribution in [0.4, 0.5) is 8.78 Å². The predicted octanol–water partition coefficient (Wildman–Crippen LogP) is 2.25. The first-order chi connectivity index (χ1) is 10.4. The van der Waals surface area contributed by atoms with Gasteiger partial charge in [-0.15, -0.1) is 0 Å². The number of aliphatic hydroxyl groups is 1. The number of hydrogen-bond acceptors (Lipinski definition) is 3. The lowest BCUT2D eigenvalue weighted by molar-refractivity contribution is -0.122. The van der Waals surface area contributed by atoms with E-state index in [1.807, 2.05) is 0 Å². The molecule has 0 radical (unpaired) electrons. The van der Waals surface area contributed by atoms with Crippen LogP contribution < -0.4 is 5.32 Å². The fourth-order valence-corrected chi connectivity index (χ4v) is 2.54. The van der Waals surface area contributed by atoms with Crippen molar-refractivity contribution >= 4 is 5.91 Å². The van der Waals surface area contributed by atoms with Crippen molar-refractivity contribution in [2.45, 2.75) is 44.3 Å². The van der Waals surface area contributed by atoms with Crippen LogP contribution >= 0.6 is 0 Å². The maximum absolute atomic E-state index is 13.7. The Morgan fingerprint density at radius 2 is 2.27 bits per heavy atom. The molecule has 1 amide bonds. The summed E-state index contributed by atoms with van der Waals surface area (Å²) in [6, 6.07) is 2.97. The van der Waals surface area contributed by atoms with Crippen molar-refractivity contribution in [3.8, 4) is 0 Å². The maximum Gasteiger partial charge on any atom is 0.220 e. The Hall–Kier alpha value is -1.53. The van der Waals surface area contributed by atoms with E-state index in [0.717, 1.165) is 25.5 Å². The van der Waals surface area contributed by atoms with Gasteiger partial charge in [-0.05, 0) is 32.3 Å². The van der Waals surface area contributed by atoms with Gasteiger partial charge in [0.2, 0.25) is 5.91 Å². The summed E-state index contributed by atoms with van der Waals surface area (Å²) in [5.41, 5.74) is -1.65. The first-order valence-corrected chi connectivity index (χ1v) is 7.45. The molecule has 2 atom stereocenters. The molecule has 0 aromatic heterocycles. The van der Waals surface area contributed by atoms with Gasteiger partial charge in [0, 0.05) is 24.7 Å². The summed E-state index contributed by atoms with van der Waals surface area (Å²) in [6.07, 6.45) is 3.04. The van der Waals surface area contributed by atoms with E-state index in [9.17, 15) is 18.7 Å². The third kappa shape index (κ3) is 4.48. The van der Waals surface area contributed by atoms with Crippen LogP contribution in [0.2, 0.25) is 0 Å². The highest BCUT2D eigenvalue weighted by Gasteiger charge is 2.27. The third-order valence-electron chi connectivity index (χ3n) is 3.86. The normalized spacial score (nSPS) is 20.6. The van der Waals surface area contributed by atoms with Gasteiger partial charge in [0.1, 0.15) is 17.2 Å². The van der Waals surface area contributed by atoms with Crippen molar-refractivity contribution < 1.29 is 23.4 Å². The van der Waals surface area contributed by atoms with Gasteiger partial charge >= 0.3 is 0 Å². The molecule has 0 aliphatic carbocycles. The molecule has 2 N–H and O–H groups in total. The first-order valence-electron chi connectivity index (χ1n) is 7.45. The van der Waals surface area contributed by atoms with Crippen LogP contribution in [0.3, 0.4) is 0 Å². The summed E-state index contributed by atoms with van der Waals surface area (Å²) in [6.45, 7) is 1.98. The minimum atomic E-state index is -1.60. The van der Waals surface area contributed by atoms with Gasteiger partial charge in [-0.2, -0.15) is 0 Å². The Bertz CT molecular complexity index is 528. The maximum atomic E-state index is 13.7. The molecule has 0 saturated carbocycles. The summed E-state index contributed by atoms with van der Waals surface area (Å²) < 4.78 is 32.0. The average molecular weight is 313 g/mol. The molecule has 1 heterocycles. The van der Waals surface area contributed by atoms with Crippen molar-refractivity contribution in [1.29, 1.82) is 0 Å². The Kier molecular flexibility index (Phi) is 5.47. The van der Waals surface area contributed by atoms with Crippen LogP contribution in [0.5, 0.6) is 0 Å². The van der Waals surface area contributed by atoms with Gasteiger partial charge in [0.15, 0.2) is 0 Å². The van der Waals surface area contributed by atoms with Gasteiger partial charge in [-0.1, -0.05) is 6.07 Å². The SMILES string of the molecule is C[C@](O)(CNC(=O)CC[C@H]1CCCO1)c1ccc(F)cc1F. The molecule has 0 spiro atoms. The summed E-state index contributed by atoms with van der Waals surface area (Å²) in [5, 5.41) is 12.9. The number of nitrogens with one attached hydrogen (secondary N) is 1. The van der Waals surface area contributed by atoms with E-state index in [-0.39, 0.29) is 24.1 Å². The van der Waals surface area contributed by atoms with Crippen LogP contribution in [0.25, 0.3) is 0 Å². The molecular weight excluding hydrogens is 292 g/mol. The molecule has 0 unspecified atom stereocenters. The Morgan fingerprint density at radius 1 is 1.50 bits per heavy atom. The van der Waals surface area contributed by atoms with Crippen LogP contribution in [0.15, 0.2) is 18.2 Å². The molecule has 0 bridgehead atoms. The van der Waals surface area contributed by atoms with Crippen molar-refractivity contribution in [2.75, 3.05) is 13.2 Å². The zero-order chi connectivity index (χ0) is 16.2. The second-order valence-electron chi connectivity index (χ2n) is 5.85. The number of halogens is 2. The standard InChI is InChI=1S/C16H21F2NO3/c1-16(21,13-6-4-11(17)9-14(13)18)10-19-15(20)7-5-12-3-2-8-22-12/h4,6,9,12,21H,2-3,5,7-8,10H2,1H3,(H,19,20)/t12-,16+/m1/s1. The van der Waals surface area contributed by atoms with Crippen molar-refractivity contribution in [2.24, 2.45) is 0 Å². The number of ether oxygens (including phenoxy) is 1. The Labute approximate surface area is 128 Å². The number of hydrogen-bond donors (Lipinski definition) is 2. The fraction of sp³-hybridized carbons (Fsp3) is 0.562. The molecule has 1 saturated heterocycles. The van der Waals surface area contributed by atoms with E-state index in [4.69, 9.17) is 4.74 Å². The monoisotopic (exact) mass is 313 g/mol. The molecule has 122 valence electrons. The number of rotatable bonds is 6. The van der Waals surface area contributed by atoms with Gasteiger partial charge < -0.3 is 15.2 Å². The largest absolute Gasteiger partial charge is 0.383 e. The minimum absolute atomic E-state index is 0.0478. The van der Waals surface area contributed by atoms with Crippen molar-refractivity contribution in [3.63, 3.8) is 0 Å². The Balaban J connectivity index is 1.84. The summed E-state index contributed by atoms with van der Waals surface area (Å²) in [5.74, 6) is -1.77. The molecule has 1 aromatic carbocycles. The highest BCUT2D eigenvalue weighted by atomic mass is 19.1. The summed E-state index contributed by atoms with van der Waals surface area (Å²) in [4.78, 5) is 11.8. The van der Waals surface area contributed by atoms with Gasteiger partial charge in [0.05, 0.1) is 12.6 Å². The molecule has 1 aliphatic rings. The van der Waals surface area contributed by atoms with Gasteiger partial charge in [-0.25, -0.2) is 8.78 Å². The van der Waals surface area contributed by atoms with E-state index in [1.165, 1.54) is 13.0 Å². The third-order valence-corrected chi connectivity index (χ3v) is 3.86. The second-order valence-corrected chi connectivity index (χ2v) is 5.85. The lowest BCUT2D eigenvalue weighted by Crippen LogP contribution is -2.39. The zero-order valence-electron chi connectivity index (χ0n) is 12.6. The van der Waals surface area contributed by atoms with Gasteiger partial charge in [0.25, 0.3) is 0 Å². The second kappa shape index (κ2) is 7.15. The molecule has 6 heteroatoms. The number of carbonyl (C=O) groups is 1. The predicted molar refractivity (Wildman–Crippen MR) is 77.1 cm³/mol. The molecule has 2 rings (SSSR count). The quantitative estimate of drug-likeness (QED) is 0.847. The lowest BCUT2D eigenvalue weighted by atomic mass is 9.95. The average Bonchev–Trinajstić information content (AvgIpc) is 2.96. The molecule has 22 heavy (non-hydrogen) atoms. The van der Waals surface area contributed by atoms with Crippen molar-refractivity contribution in [3.05, 3.63) is 35.4 Å². The van der Waals surface area contributed by atoms with E-state index in [1.54, 1.807) is 0 Å². The van der Waals surface area contributed by atoms with Crippen molar-refractivity contribution in [1.82, 2.24) is 5.32 Å². The number of carbonyl (C=O) groups excluding carboxylic acids is 1. The van der Waals surface area contributed by atoms with Crippen LogP contribution in [-0.4, -0.2) is 30.3 Å². The molecule has 1 fully saturated rings. The van der Waals surface area contributed by atoms with E-state index in [0.29, 0.717) is 18.9 Å². The van der Waals surface area contributed by atoms with E-state index < -0.39 is 17.2 Å². The highest BCUT2D eigenvalue weighted by molar-refractivity contribution is 5.76. The summed E-state index contributed by atoms with van der Waals surface area (Å²) >= 11 is 0. The van der Waals surface area contributed by atoms with E-state index >= 15 is 0 Å². The van der Waals surface area contributed by atoms with Crippen LogP contribution in [0.1, 0.15) is 38.2 Å². The Morgan fingerprint density at radius 3 is 2.91 bits per heavy atom. The number of benzene rings is 1. The molecule has 1 aromatic rings. The highest BCUT2D eigenvalue weighted by Crippen LogP contribution is 2.23. The van der Waals surface area contributed by atoms with Crippen LogP contribution in [-0.2, 0) is 15.1 Å². The molecule has 1 aliphatic heterocycles. The molecular formula is C16H21F2NO3. The smallest absolute Gasteiger partial charge is 0.220 e. The topological polar surface area (TPSA) is 58.6 Å². The van der Waals surface area contributed by atoms with Crippen LogP contribution in [0, 0.1) is 11.6 Å². The number of amides is 1. The zero-order valence-corrected chi connectivity index (χ0v) is 12.6. The minimum Gasteiger partial charge on any atom is -0.383 e. The van der Waals surface area contributed by atoms with E-state index in [2.05, 4.69) is 5.32 Å².